The van der Waals surface area contributed by atoms with Crippen molar-refractivity contribution in [2.24, 2.45) is 0 Å². The Kier molecular flexibility index (Phi) is 12.9. The van der Waals surface area contributed by atoms with E-state index >= 15 is 0 Å². The van der Waals surface area contributed by atoms with Crippen molar-refractivity contribution in [2.45, 2.75) is 77.2 Å². The van der Waals surface area contributed by atoms with Crippen LogP contribution in [0.25, 0.3) is 0 Å². The second-order valence-electron chi connectivity index (χ2n) is 4.60. The standard InChI is InChI=1S/C14H29O2/c1-2-3-4-5-6-7-8-9-10-11-12-14(16)13-15/h12,14-16H,2-11,13H2,1H3. The highest BCUT2D eigenvalue weighted by atomic mass is 16.3. The van der Waals surface area contributed by atoms with Crippen molar-refractivity contribution in [2.75, 3.05) is 6.61 Å². The van der Waals surface area contributed by atoms with Crippen LogP contribution in [-0.4, -0.2) is 22.9 Å². The molecule has 0 saturated carbocycles. The van der Waals surface area contributed by atoms with Crippen LogP contribution in [0.2, 0.25) is 0 Å². The first kappa shape index (κ1) is 15.9. The molecule has 0 rings (SSSR count). The van der Waals surface area contributed by atoms with Gasteiger partial charge < -0.3 is 10.2 Å². The molecule has 1 radical (unpaired) electrons. The third-order valence-electron chi connectivity index (χ3n) is 2.93. The van der Waals surface area contributed by atoms with Gasteiger partial charge in [-0.05, 0) is 12.8 Å². The fourth-order valence-corrected chi connectivity index (χ4v) is 1.84. The van der Waals surface area contributed by atoms with Crippen molar-refractivity contribution < 1.29 is 10.2 Å². The van der Waals surface area contributed by atoms with Crippen LogP contribution in [0.15, 0.2) is 0 Å². The first-order chi connectivity index (χ1) is 7.81. The number of aliphatic hydroxyl groups is 2. The highest BCUT2D eigenvalue weighted by molar-refractivity contribution is 4.73. The van der Waals surface area contributed by atoms with Gasteiger partial charge in [-0.25, -0.2) is 0 Å². The van der Waals surface area contributed by atoms with Gasteiger partial charge in [0.15, 0.2) is 0 Å². The molecule has 0 aromatic rings. The molecule has 2 heteroatoms. The van der Waals surface area contributed by atoms with E-state index < -0.39 is 6.10 Å². The molecule has 0 aliphatic rings. The second-order valence-corrected chi connectivity index (χ2v) is 4.60. The van der Waals surface area contributed by atoms with Crippen molar-refractivity contribution in [3.63, 3.8) is 0 Å². The van der Waals surface area contributed by atoms with Gasteiger partial charge in [-0.1, -0.05) is 64.7 Å². The summed E-state index contributed by atoms with van der Waals surface area (Å²) in [6.45, 7) is 2.11. The Hall–Kier alpha value is -0.0800. The molecule has 97 valence electrons. The maximum absolute atomic E-state index is 9.08. The molecule has 0 bridgehead atoms. The van der Waals surface area contributed by atoms with E-state index in [0.29, 0.717) is 0 Å². The van der Waals surface area contributed by atoms with Gasteiger partial charge >= 0.3 is 0 Å². The van der Waals surface area contributed by atoms with E-state index in [9.17, 15) is 0 Å². The minimum Gasteiger partial charge on any atom is -0.394 e. The van der Waals surface area contributed by atoms with Gasteiger partial charge in [-0.2, -0.15) is 0 Å². The largest absolute Gasteiger partial charge is 0.394 e. The third kappa shape index (κ3) is 12.0. The molecule has 0 fully saturated rings. The van der Waals surface area contributed by atoms with Gasteiger partial charge in [0.05, 0.1) is 12.7 Å². The molecular formula is C14H29O2. The summed E-state index contributed by atoms with van der Waals surface area (Å²) < 4.78 is 0. The van der Waals surface area contributed by atoms with Gasteiger partial charge in [0.25, 0.3) is 0 Å². The van der Waals surface area contributed by atoms with Crippen molar-refractivity contribution in [1.29, 1.82) is 0 Å². The van der Waals surface area contributed by atoms with Gasteiger partial charge in [0.1, 0.15) is 0 Å². The van der Waals surface area contributed by atoms with Crippen LogP contribution in [0.3, 0.4) is 0 Å². The van der Waals surface area contributed by atoms with Crippen LogP contribution in [0.4, 0.5) is 0 Å². The predicted octanol–water partition coefficient (Wildman–Crippen LogP) is 3.46. The molecule has 0 spiro atoms. The van der Waals surface area contributed by atoms with E-state index in [4.69, 9.17) is 10.2 Å². The Morgan fingerprint density at radius 1 is 0.875 bits per heavy atom. The number of rotatable bonds is 12. The Labute approximate surface area is 101 Å². The summed E-state index contributed by atoms with van der Waals surface area (Å²) in [5.74, 6) is 0. The second kappa shape index (κ2) is 13.0. The van der Waals surface area contributed by atoms with E-state index in [-0.39, 0.29) is 6.61 Å². The number of hydrogen-bond acceptors (Lipinski definition) is 2. The zero-order valence-corrected chi connectivity index (χ0v) is 10.8. The molecule has 0 aromatic carbocycles. The van der Waals surface area contributed by atoms with Crippen LogP contribution in [-0.2, 0) is 0 Å². The smallest absolute Gasteiger partial charge is 0.0802 e. The van der Waals surface area contributed by atoms with Crippen LogP contribution in [0, 0.1) is 6.42 Å². The lowest BCUT2D eigenvalue weighted by Gasteiger charge is -2.05. The van der Waals surface area contributed by atoms with E-state index in [1.165, 1.54) is 51.4 Å². The monoisotopic (exact) mass is 229 g/mol. The highest BCUT2D eigenvalue weighted by Crippen LogP contribution is 2.11. The van der Waals surface area contributed by atoms with Crippen molar-refractivity contribution in [3.05, 3.63) is 6.42 Å². The summed E-state index contributed by atoms with van der Waals surface area (Å²) in [6.07, 6.45) is 14.1. The van der Waals surface area contributed by atoms with Crippen LogP contribution in [0.5, 0.6) is 0 Å². The Morgan fingerprint density at radius 2 is 1.38 bits per heavy atom. The zero-order chi connectivity index (χ0) is 12.1. The predicted molar refractivity (Wildman–Crippen MR) is 69.2 cm³/mol. The summed E-state index contributed by atoms with van der Waals surface area (Å²) in [6, 6.07) is 0. The topological polar surface area (TPSA) is 40.5 Å². The van der Waals surface area contributed by atoms with Crippen molar-refractivity contribution in [3.8, 4) is 0 Å². The van der Waals surface area contributed by atoms with Gasteiger partial charge in [-0.3, -0.25) is 0 Å². The van der Waals surface area contributed by atoms with Crippen molar-refractivity contribution in [1.82, 2.24) is 0 Å². The number of hydrogen-bond donors (Lipinski definition) is 2. The average molecular weight is 229 g/mol. The summed E-state index contributed by atoms with van der Waals surface area (Å²) in [7, 11) is 0. The van der Waals surface area contributed by atoms with E-state index in [0.717, 1.165) is 12.8 Å². The minimum absolute atomic E-state index is 0.141. The van der Waals surface area contributed by atoms with Gasteiger partial charge in [-0.15, -0.1) is 0 Å². The molecule has 2 N–H and O–H groups in total. The molecule has 16 heavy (non-hydrogen) atoms. The number of unbranched alkanes of at least 4 members (excludes halogenated alkanes) is 9. The summed E-state index contributed by atoms with van der Waals surface area (Å²) in [5.41, 5.74) is 0. The lowest BCUT2D eigenvalue weighted by molar-refractivity contribution is 0.116. The Balaban J connectivity index is 2.93. The Bertz CT molecular complexity index is 126. The van der Waals surface area contributed by atoms with Crippen LogP contribution < -0.4 is 0 Å². The molecule has 0 saturated heterocycles. The summed E-state index contributed by atoms with van der Waals surface area (Å²) in [4.78, 5) is 0. The van der Waals surface area contributed by atoms with E-state index in [2.05, 4.69) is 6.92 Å². The normalized spacial score (nSPS) is 12.9. The molecular weight excluding hydrogens is 200 g/mol. The van der Waals surface area contributed by atoms with Gasteiger partial charge in [0, 0.05) is 0 Å². The van der Waals surface area contributed by atoms with Crippen LogP contribution >= 0.6 is 0 Å². The fourth-order valence-electron chi connectivity index (χ4n) is 1.84. The SMILES string of the molecule is CCCCCCCCCCC[CH]C(O)CO. The quantitative estimate of drug-likeness (QED) is 0.503. The van der Waals surface area contributed by atoms with Crippen molar-refractivity contribution >= 4 is 0 Å². The summed E-state index contributed by atoms with van der Waals surface area (Å²) in [5, 5.41) is 17.7. The van der Waals surface area contributed by atoms with E-state index in [1.54, 1.807) is 6.42 Å². The third-order valence-corrected chi connectivity index (χ3v) is 2.93. The highest BCUT2D eigenvalue weighted by Gasteiger charge is 2.00. The van der Waals surface area contributed by atoms with Gasteiger partial charge in [0.2, 0.25) is 0 Å². The lowest BCUT2D eigenvalue weighted by atomic mass is 10.0. The molecule has 1 atom stereocenters. The molecule has 1 unspecified atom stereocenters. The molecule has 0 heterocycles. The average Bonchev–Trinajstić information content (AvgIpc) is 2.31. The molecule has 0 aromatic heterocycles. The summed E-state index contributed by atoms with van der Waals surface area (Å²) >= 11 is 0. The zero-order valence-electron chi connectivity index (χ0n) is 10.8. The lowest BCUT2D eigenvalue weighted by Crippen LogP contribution is -2.11. The molecule has 0 aliphatic carbocycles. The molecule has 2 nitrogen and oxygen atoms in total. The van der Waals surface area contributed by atoms with E-state index in [1.807, 2.05) is 0 Å². The first-order valence-corrected chi connectivity index (χ1v) is 6.93. The maximum Gasteiger partial charge on any atom is 0.0802 e. The molecule has 0 aliphatic heterocycles. The van der Waals surface area contributed by atoms with Crippen LogP contribution in [0.1, 0.15) is 71.1 Å². The Morgan fingerprint density at radius 3 is 1.88 bits per heavy atom. The maximum atomic E-state index is 9.08. The number of aliphatic hydroxyl groups excluding tert-OH is 2. The fraction of sp³-hybridized carbons (Fsp3) is 0.929. The first-order valence-electron chi connectivity index (χ1n) is 6.93. The molecule has 0 amide bonds. The minimum atomic E-state index is -0.617.